The topological polar surface area (TPSA) is 30.0 Å². The molecule has 2 heterocycles. The van der Waals surface area contributed by atoms with Gasteiger partial charge < -0.3 is 9.80 Å². The summed E-state index contributed by atoms with van der Waals surface area (Å²) in [4.78, 5) is 17.8. The highest BCUT2D eigenvalue weighted by Crippen LogP contribution is 2.48. The summed E-state index contributed by atoms with van der Waals surface area (Å²) in [6, 6.07) is 36.7. The lowest BCUT2D eigenvalue weighted by atomic mass is 9.97. The third kappa shape index (κ3) is 6.11. The van der Waals surface area contributed by atoms with Gasteiger partial charge in [0.1, 0.15) is 0 Å². The third-order valence-electron chi connectivity index (χ3n) is 9.39. The monoisotopic (exact) mass is 572 g/mol. The van der Waals surface area contributed by atoms with Gasteiger partial charge in [-0.2, -0.15) is 0 Å². The number of anilines is 1. The minimum absolute atomic E-state index is 0.128. The van der Waals surface area contributed by atoms with Crippen molar-refractivity contribution < 1.29 is 4.79 Å². The number of amides is 1. The fourth-order valence-corrected chi connectivity index (χ4v) is 7.00. The predicted molar refractivity (Wildman–Crippen MR) is 177 cm³/mol. The van der Waals surface area contributed by atoms with Crippen LogP contribution >= 0.6 is 0 Å². The van der Waals surface area contributed by atoms with Gasteiger partial charge in [0.25, 0.3) is 5.91 Å². The molecule has 1 aliphatic carbocycles. The van der Waals surface area contributed by atoms with Crippen LogP contribution in [-0.4, -0.2) is 60.6 Å². The lowest BCUT2D eigenvalue weighted by molar-refractivity contribution is -0.0365. The van der Waals surface area contributed by atoms with Crippen LogP contribution < -0.4 is 4.90 Å². The van der Waals surface area contributed by atoms with Crippen molar-refractivity contribution in [2.24, 2.45) is 0 Å². The molecule has 5 nitrogen and oxygen atoms in total. The van der Waals surface area contributed by atoms with E-state index in [4.69, 9.17) is 0 Å². The molecule has 2 saturated heterocycles. The number of nitrogens with zero attached hydrogens (tertiary/aromatic N) is 4. The van der Waals surface area contributed by atoms with Crippen LogP contribution in [-0.2, 0) is 6.54 Å². The van der Waals surface area contributed by atoms with Crippen LogP contribution in [0.2, 0.25) is 0 Å². The second kappa shape index (κ2) is 13.2. The van der Waals surface area contributed by atoms with Crippen LogP contribution in [0.3, 0.4) is 0 Å². The quantitative estimate of drug-likeness (QED) is 0.246. The molecule has 2 fully saturated rings. The number of benzene rings is 4. The van der Waals surface area contributed by atoms with E-state index in [1.807, 2.05) is 49.1 Å². The van der Waals surface area contributed by atoms with Gasteiger partial charge in [-0.25, -0.2) is 10.0 Å². The molecule has 2 bridgehead atoms. The van der Waals surface area contributed by atoms with Crippen molar-refractivity contribution in [1.82, 2.24) is 14.9 Å². The Kier molecular flexibility index (Phi) is 8.92. The van der Waals surface area contributed by atoms with Gasteiger partial charge in [0, 0.05) is 57.6 Å². The maximum atomic E-state index is 13.3. The van der Waals surface area contributed by atoms with Gasteiger partial charge in [-0.1, -0.05) is 92.7 Å². The molecule has 0 radical (unpaired) electrons. The lowest BCUT2D eigenvalue weighted by Crippen LogP contribution is -2.48. The number of fused-ring (bicyclic) bond motifs is 5. The van der Waals surface area contributed by atoms with E-state index < -0.39 is 0 Å². The summed E-state index contributed by atoms with van der Waals surface area (Å²) in [5.74, 6) is 0.762. The first-order chi connectivity index (χ1) is 21.1. The van der Waals surface area contributed by atoms with Gasteiger partial charge in [-0.05, 0) is 70.8 Å². The van der Waals surface area contributed by atoms with E-state index in [2.05, 4.69) is 94.8 Å². The lowest BCUT2D eigenvalue weighted by Gasteiger charge is -2.38. The Morgan fingerprint density at radius 3 is 2.07 bits per heavy atom. The number of hydrogen-bond donors (Lipinski definition) is 0. The highest BCUT2D eigenvalue weighted by atomic mass is 16.2. The van der Waals surface area contributed by atoms with Crippen LogP contribution in [0, 0.1) is 0 Å². The molecule has 1 amide bonds. The molecule has 0 N–H and O–H groups in total. The molecule has 0 aromatic heterocycles. The van der Waals surface area contributed by atoms with Crippen molar-refractivity contribution in [3.8, 4) is 11.1 Å². The van der Waals surface area contributed by atoms with E-state index in [-0.39, 0.29) is 5.91 Å². The van der Waals surface area contributed by atoms with E-state index in [0.29, 0.717) is 12.0 Å². The van der Waals surface area contributed by atoms with Crippen LogP contribution in [0.15, 0.2) is 103 Å². The Morgan fingerprint density at radius 1 is 0.721 bits per heavy atom. The zero-order chi connectivity index (χ0) is 29.8. The van der Waals surface area contributed by atoms with Crippen LogP contribution in [0.4, 0.5) is 5.69 Å². The van der Waals surface area contributed by atoms with Gasteiger partial charge in [-0.15, -0.1) is 0 Å². The molecule has 2 atom stereocenters. The minimum atomic E-state index is 0.128. The summed E-state index contributed by atoms with van der Waals surface area (Å²) < 4.78 is 0. The highest BCUT2D eigenvalue weighted by molar-refractivity contribution is 5.95. The second-order valence-electron chi connectivity index (χ2n) is 11.7. The first kappa shape index (κ1) is 29.2. The van der Waals surface area contributed by atoms with Gasteiger partial charge in [0.15, 0.2) is 0 Å². The van der Waals surface area contributed by atoms with E-state index in [9.17, 15) is 4.79 Å². The number of carbonyl (C=O) groups is 1. The molecule has 222 valence electrons. The van der Waals surface area contributed by atoms with Crippen molar-refractivity contribution in [3.63, 3.8) is 0 Å². The number of carbonyl (C=O) groups excluding carboxylic acids is 1. The van der Waals surface area contributed by atoms with Crippen LogP contribution in [0.1, 0.15) is 65.7 Å². The third-order valence-corrected chi connectivity index (χ3v) is 9.39. The van der Waals surface area contributed by atoms with Gasteiger partial charge >= 0.3 is 0 Å². The molecular formula is C38H44N4O. The fraction of sp³-hybridized carbons (Fsp3) is 0.342. The van der Waals surface area contributed by atoms with Gasteiger partial charge in [0.2, 0.25) is 0 Å². The summed E-state index contributed by atoms with van der Waals surface area (Å²) in [6.07, 6.45) is 2.40. The van der Waals surface area contributed by atoms with Gasteiger partial charge in [0.05, 0.1) is 6.04 Å². The fourth-order valence-electron chi connectivity index (χ4n) is 7.00. The van der Waals surface area contributed by atoms with Crippen molar-refractivity contribution in [2.75, 3.05) is 44.7 Å². The summed E-state index contributed by atoms with van der Waals surface area (Å²) in [5, 5.41) is 5.04. The second-order valence-corrected chi connectivity index (χ2v) is 11.7. The van der Waals surface area contributed by atoms with Crippen molar-refractivity contribution >= 4 is 11.6 Å². The summed E-state index contributed by atoms with van der Waals surface area (Å²) in [7, 11) is 2.27. The Morgan fingerprint density at radius 2 is 1.37 bits per heavy atom. The maximum absolute atomic E-state index is 13.3. The van der Waals surface area contributed by atoms with Crippen molar-refractivity contribution in [1.29, 1.82) is 0 Å². The standard InChI is InChI=1S/C36H38N4O.C2H6/c1-37-35-24-31(18-19-40(37)26-27-8-4-2-5-9-27)33-17-16-32(25-34(33)35)38-20-22-39(23-21-38)36(41)30-14-12-29(13-15-30)28-10-6-3-7-11-28;1-2/h2-17,25,31,35H,18-24,26H2,1H3;1-2H3/t31-,35-;/m1./s1. The number of hydrogen-bond acceptors (Lipinski definition) is 4. The largest absolute Gasteiger partial charge is 0.368 e. The maximum Gasteiger partial charge on any atom is 0.253 e. The molecule has 4 aromatic carbocycles. The molecule has 0 saturated carbocycles. The number of hydrazine groups is 1. The van der Waals surface area contributed by atoms with E-state index >= 15 is 0 Å². The predicted octanol–water partition coefficient (Wildman–Crippen LogP) is 7.62. The Balaban J connectivity index is 0.00000161. The highest BCUT2D eigenvalue weighted by Gasteiger charge is 2.38. The summed E-state index contributed by atoms with van der Waals surface area (Å²) in [5.41, 5.74) is 8.76. The smallest absolute Gasteiger partial charge is 0.253 e. The first-order valence-corrected chi connectivity index (χ1v) is 16.0. The molecule has 7 rings (SSSR count). The van der Waals surface area contributed by atoms with Crippen molar-refractivity contribution in [3.05, 3.63) is 125 Å². The van der Waals surface area contributed by atoms with Crippen LogP contribution in [0.25, 0.3) is 11.1 Å². The average molecular weight is 573 g/mol. The first-order valence-electron chi connectivity index (χ1n) is 16.0. The minimum Gasteiger partial charge on any atom is -0.368 e. The Hall–Kier alpha value is -3.93. The van der Waals surface area contributed by atoms with Gasteiger partial charge in [-0.3, -0.25) is 4.79 Å². The van der Waals surface area contributed by atoms with E-state index in [1.54, 1.807) is 0 Å². The molecule has 0 spiro atoms. The Labute approximate surface area is 257 Å². The molecule has 0 unspecified atom stereocenters. The number of piperazine rings is 1. The van der Waals surface area contributed by atoms with E-state index in [0.717, 1.165) is 50.4 Å². The molecule has 43 heavy (non-hydrogen) atoms. The average Bonchev–Trinajstić information content (AvgIpc) is 3.37. The molecule has 4 aromatic rings. The molecule has 2 aliphatic heterocycles. The zero-order valence-corrected chi connectivity index (χ0v) is 25.8. The summed E-state index contributed by atoms with van der Waals surface area (Å²) >= 11 is 0. The molecule has 3 aliphatic rings. The zero-order valence-electron chi connectivity index (χ0n) is 25.8. The van der Waals surface area contributed by atoms with Crippen molar-refractivity contribution in [2.45, 2.75) is 45.2 Å². The Bertz CT molecular complexity index is 1500. The molecule has 5 heteroatoms. The van der Waals surface area contributed by atoms with Crippen LogP contribution in [0.5, 0.6) is 0 Å². The summed E-state index contributed by atoms with van der Waals surface area (Å²) in [6.45, 7) is 9.26. The normalized spacial score (nSPS) is 20.2. The number of rotatable bonds is 5. The SMILES string of the molecule is CC.CN1[C@@H]2C[C@@H](CCN1Cc1ccccc1)c1ccc(N3CCN(C(=O)c4ccc(-c5ccccc5)cc4)CC3)cc12. The van der Waals surface area contributed by atoms with E-state index in [1.165, 1.54) is 40.8 Å². The molecular weight excluding hydrogens is 528 g/mol.